The molecule has 5 aliphatic rings. The zero-order valence-electron chi connectivity index (χ0n) is 16.6. The second-order valence-electron chi connectivity index (χ2n) is 10.6. The Bertz CT molecular complexity index is 690. The summed E-state index contributed by atoms with van der Waals surface area (Å²) in [7, 11) is 0. The van der Waals surface area contributed by atoms with Crippen LogP contribution in [0, 0.1) is 23.2 Å². The normalized spacial score (nSPS) is 45.6. The molecule has 4 bridgehead atoms. The van der Waals surface area contributed by atoms with Crippen LogP contribution in [0.25, 0.3) is 0 Å². The van der Waals surface area contributed by atoms with Crippen LogP contribution in [0.2, 0.25) is 0 Å². The van der Waals surface area contributed by atoms with Gasteiger partial charge in [0, 0.05) is 18.0 Å². The average Bonchev–Trinajstić information content (AvgIpc) is 2.63. The molecule has 1 aromatic rings. The maximum Gasteiger partial charge on any atom is 0.0792 e. The average molecular weight is 383 g/mol. The van der Waals surface area contributed by atoms with Crippen LogP contribution < -0.4 is 11.1 Å². The fourth-order valence-corrected chi connectivity index (χ4v) is 8.25. The molecule has 3 N–H and O–H groups in total. The summed E-state index contributed by atoms with van der Waals surface area (Å²) in [6.07, 6.45) is 11.5. The molecule has 2 atom stereocenters. The minimum atomic E-state index is 0.406. The number of hydrogen-bond donors (Lipinski definition) is 2. The highest BCUT2D eigenvalue weighted by Gasteiger charge is 2.60. The molecule has 0 spiro atoms. The topological polar surface area (TPSA) is 38.0 Å². The molecule has 2 unspecified atom stereocenters. The highest BCUT2D eigenvalue weighted by molar-refractivity contribution is 7.80. The van der Waals surface area contributed by atoms with Gasteiger partial charge >= 0.3 is 0 Å². The van der Waals surface area contributed by atoms with Gasteiger partial charge in [-0.3, -0.25) is 0 Å². The van der Waals surface area contributed by atoms with E-state index in [2.05, 4.69) is 42.6 Å². The standard InChI is InChI=1S/C24H34N2S/c1-23-11-16-13-24(15-23,18-5-3-2-4-6-18)14-17(12-23)21(16)22(27)26-20-9-7-19(25)8-10-20/h2-6,16-17,19-21H,7-15,25H2,1H3,(H,26,27). The summed E-state index contributed by atoms with van der Waals surface area (Å²) in [4.78, 5) is 1.19. The molecule has 0 aromatic heterocycles. The van der Waals surface area contributed by atoms with Crippen molar-refractivity contribution in [3.05, 3.63) is 35.9 Å². The van der Waals surface area contributed by atoms with Crippen LogP contribution in [0.3, 0.4) is 0 Å². The zero-order chi connectivity index (χ0) is 18.6. The summed E-state index contributed by atoms with van der Waals surface area (Å²) >= 11 is 6.04. The maximum absolute atomic E-state index is 6.09. The van der Waals surface area contributed by atoms with E-state index < -0.39 is 0 Å². The van der Waals surface area contributed by atoms with Gasteiger partial charge < -0.3 is 11.1 Å². The first-order valence-corrected chi connectivity index (χ1v) is 11.5. The molecule has 146 valence electrons. The molecular weight excluding hydrogens is 348 g/mol. The van der Waals surface area contributed by atoms with Gasteiger partial charge in [0.2, 0.25) is 0 Å². The monoisotopic (exact) mass is 382 g/mol. The maximum atomic E-state index is 6.09. The largest absolute Gasteiger partial charge is 0.377 e. The van der Waals surface area contributed by atoms with Crippen molar-refractivity contribution in [1.29, 1.82) is 0 Å². The third-order valence-corrected chi connectivity index (χ3v) is 8.79. The van der Waals surface area contributed by atoms with E-state index in [-0.39, 0.29) is 0 Å². The summed E-state index contributed by atoms with van der Waals surface area (Å²) in [6, 6.07) is 12.3. The van der Waals surface area contributed by atoms with Crippen molar-refractivity contribution >= 4 is 17.2 Å². The van der Waals surface area contributed by atoms with Crippen LogP contribution in [0.5, 0.6) is 0 Å². The molecule has 1 aromatic carbocycles. The van der Waals surface area contributed by atoms with Gasteiger partial charge in [-0.05, 0) is 86.0 Å². The van der Waals surface area contributed by atoms with Gasteiger partial charge in [-0.15, -0.1) is 0 Å². The van der Waals surface area contributed by atoms with Crippen LogP contribution in [-0.2, 0) is 5.41 Å². The Balaban J connectivity index is 1.35. The number of benzene rings is 1. The van der Waals surface area contributed by atoms with Gasteiger partial charge in [0.05, 0.1) is 4.99 Å². The Kier molecular flexibility index (Phi) is 4.40. The lowest BCUT2D eigenvalue weighted by Gasteiger charge is -2.64. The molecule has 27 heavy (non-hydrogen) atoms. The van der Waals surface area contributed by atoms with Crippen LogP contribution in [-0.4, -0.2) is 17.1 Å². The number of rotatable bonds is 3. The van der Waals surface area contributed by atoms with Gasteiger partial charge in [0.25, 0.3) is 0 Å². The summed E-state index contributed by atoms with van der Waals surface area (Å²) in [5.41, 5.74) is 8.60. The van der Waals surface area contributed by atoms with E-state index in [1.807, 2.05) is 0 Å². The minimum Gasteiger partial charge on any atom is -0.377 e. The Morgan fingerprint density at radius 1 is 1.00 bits per heavy atom. The van der Waals surface area contributed by atoms with E-state index in [4.69, 9.17) is 18.0 Å². The lowest BCUT2D eigenvalue weighted by atomic mass is 9.40. The summed E-state index contributed by atoms with van der Waals surface area (Å²) in [6.45, 7) is 2.55. The molecule has 2 nitrogen and oxygen atoms in total. The van der Waals surface area contributed by atoms with E-state index in [9.17, 15) is 0 Å². The van der Waals surface area contributed by atoms with Gasteiger partial charge in [-0.25, -0.2) is 0 Å². The Hall–Kier alpha value is -0.930. The third-order valence-electron chi connectivity index (χ3n) is 8.40. The van der Waals surface area contributed by atoms with Crippen molar-refractivity contribution in [2.45, 2.75) is 82.2 Å². The van der Waals surface area contributed by atoms with E-state index >= 15 is 0 Å². The van der Waals surface area contributed by atoms with E-state index in [0.717, 1.165) is 24.7 Å². The molecular formula is C24H34N2S. The number of thiocarbonyl (C=S) groups is 1. The molecule has 6 rings (SSSR count). The number of hydrogen-bond acceptors (Lipinski definition) is 2. The van der Waals surface area contributed by atoms with Gasteiger partial charge in [-0.1, -0.05) is 49.5 Å². The Morgan fingerprint density at radius 2 is 1.63 bits per heavy atom. The predicted molar refractivity (Wildman–Crippen MR) is 116 cm³/mol. The first-order chi connectivity index (χ1) is 13.0. The second-order valence-corrected chi connectivity index (χ2v) is 11.1. The molecule has 5 fully saturated rings. The first kappa shape index (κ1) is 18.1. The van der Waals surface area contributed by atoms with E-state index in [1.54, 1.807) is 5.56 Å². The highest BCUT2D eigenvalue weighted by Crippen LogP contribution is 2.67. The Morgan fingerprint density at radius 3 is 2.26 bits per heavy atom. The van der Waals surface area contributed by atoms with Crippen LogP contribution in [0.4, 0.5) is 0 Å². The van der Waals surface area contributed by atoms with Crippen molar-refractivity contribution in [2.24, 2.45) is 28.9 Å². The molecule has 5 saturated carbocycles. The number of nitrogens with two attached hydrogens (primary N) is 1. The van der Waals surface area contributed by atoms with Gasteiger partial charge in [0.1, 0.15) is 0 Å². The fraction of sp³-hybridized carbons (Fsp3) is 0.708. The Labute approximate surface area is 169 Å². The van der Waals surface area contributed by atoms with E-state index in [1.165, 1.54) is 49.9 Å². The van der Waals surface area contributed by atoms with Gasteiger partial charge in [-0.2, -0.15) is 0 Å². The lowest BCUT2D eigenvalue weighted by molar-refractivity contribution is -0.0828. The summed E-state index contributed by atoms with van der Waals surface area (Å²) in [5, 5.41) is 3.81. The number of nitrogens with one attached hydrogen (secondary N) is 1. The smallest absolute Gasteiger partial charge is 0.0792 e. The molecule has 0 amide bonds. The van der Waals surface area contributed by atoms with Crippen LogP contribution in [0.1, 0.15) is 70.3 Å². The second kappa shape index (κ2) is 6.56. The lowest BCUT2D eigenvalue weighted by Crippen LogP contribution is -2.60. The first-order valence-electron chi connectivity index (χ1n) is 11.1. The summed E-state index contributed by atoms with van der Waals surface area (Å²) in [5.74, 6) is 2.14. The summed E-state index contributed by atoms with van der Waals surface area (Å²) < 4.78 is 0. The quantitative estimate of drug-likeness (QED) is 0.726. The molecule has 0 heterocycles. The van der Waals surface area contributed by atoms with Crippen molar-refractivity contribution < 1.29 is 0 Å². The molecule has 0 radical (unpaired) electrons. The van der Waals surface area contributed by atoms with Gasteiger partial charge in [0.15, 0.2) is 0 Å². The van der Waals surface area contributed by atoms with Crippen LogP contribution >= 0.6 is 12.2 Å². The van der Waals surface area contributed by atoms with Crippen molar-refractivity contribution in [3.8, 4) is 0 Å². The van der Waals surface area contributed by atoms with E-state index in [0.29, 0.717) is 28.8 Å². The molecule has 0 saturated heterocycles. The fourth-order valence-electron chi connectivity index (χ4n) is 7.70. The van der Waals surface area contributed by atoms with Crippen molar-refractivity contribution in [3.63, 3.8) is 0 Å². The minimum absolute atomic E-state index is 0.406. The third kappa shape index (κ3) is 3.15. The van der Waals surface area contributed by atoms with Crippen molar-refractivity contribution in [1.82, 2.24) is 5.32 Å². The molecule has 0 aliphatic heterocycles. The SMILES string of the molecule is CC12CC3CC(c4ccccc4)(CC(C1)C3C(=S)NC1CCC(N)CC1)C2. The zero-order valence-corrected chi connectivity index (χ0v) is 17.4. The highest BCUT2D eigenvalue weighted by atomic mass is 32.1. The molecule has 5 aliphatic carbocycles. The molecule has 3 heteroatoms. The van der Waals surface area contributed by atoms with Crippen LogP contribution in [0.15, 0.2) is 30.3 Å². The predicted octanol–water partition coefficient (Wildman–Crippen LogP) is 4.96. The van der Waals surface area contributed by atoms with Crippen molar-refractivity contribution in [2.75, 3.05) is 0 Å².